The van der Waals surface area contributed by atoms with E-state index in [0.717, 1.165) is 56.3 Å². The van der Waals surface area contributed by atoms with Crippen molar-refractivity contribution in [3.05, 3.63) is 132 Å². The Morgan fingerprint density at radius 3 is 1.92 bits per heavy atom. The fourth-order valence-electron chi connectivity index (χ4n) is 9.36. The number of benzene rings is 5. The van der Waals surface area contributed by atoms with Crippen LogP contribution < -0.4 is 0 Å². The zero-order valence-corrected chi connectivity index (χ0v) is 26.6. The van der Waals surface area contributed by atoms with E-state index in [9.17, 15) is 5.26 Å². The first-order valence-corrected chi connectivity index (χ1v) is 16.9. The molecule has 0 amide bonds. The maximum Gasteiger partial charge on any atom is 0.187 e. The summed E-state index contributed by atoms with van der Waals surface area (Å²) < 4.78 is 0. The molecule has 5 nitrogen and oxygen atoms in total. The molecule has 4 aliphatic carbocycles. The summed E-state index contributed by atoms with van der Waals surface area (Å²) in [5, 5.41) is 12.5. The lowest BCUT2D eigenvalue weighted by Gasteiger charge is -2.57. The Morgan fingerprint density at radius 1 is 0.625 bits per heavy atom. The Labute approximate surface area is 280 Å². The second-order valence-electron chi connectivity index (χ2n) is 14.1. The first-order valence-electron chi connectivity index (χ1n) is 16.9. The minimum Gasteiger partial charge on any atom is -0.238 e. The fraction of sp³-hybridized carbons (Fsp3) is 0.233. The normalized spacial score (nSPS) is 22.3. The predicted molar refractivity (Wildman–Crippen MR) is 190 cm³/mol. The van der Waals surface area contributed by atoms with Crippen molar-refractivity contribution in [2.24, 2.45) is 17.8 Å². The highest BCUT2D eigenvalue weighted by Gasteiger charge is 2.51. The van der Waals surface area contributed by atoms with Crippen molar-refractivity contribution < 1.29 is 0 Å². The fourth-order valence-corrected chi connectivity index (χ4v) is 9.36. The number of hydrogen-bond acceptors (Lipinski definition) is 4. The summed E-state index contributed by atoms with van der Waals surface area (Å²) in [6, 6.07) is 39.1. The van der Waals surface area contributed by atoms with Gasteiger partial charge in [0.15, 0.2) is 23.2 Å². The Bertz CT molecular complexity index is 2250. The molecule has 0 radical (unpaired) electrons. The van der Waals surface area contributed by atoms with Gasteiger partial charge in [0.2, 0.25) is 0 Å². The van der Waals surface area contributed by atoms with Crippen LogP contribution in [-0.2, 0) is 5.41 Å². The molecule has 0 aliphatic heterocycles. The zero-order valence-electron chi connectivity index (χ0n) is 26.6. The van der Waals surface area contributed by atoms with E-state index in [0.29, 0.717) is 34.1 Å². The van der Waals surface area contributed by atoms with Gasteiger partial charge < -0.3 is 0 Å². The van der Waals surface area contributed by atoms with Crippen LogP contribution >= 0.6 is 0 Å². The summed E-state index contributed by atoms with van der Waals surface area (Å²) in [7, 11) is 0. The molecule has 48 heavy (non-hydrogen) atoms. The highest BCUT2D eigenvalue weighted by atomic mass is 15.0. The van der Waals surface area contributed by atoms with Crippen molar-refractivity contribution in [1.29, 1.82) is 5.26 Å². The van der Waals surface area contributed by atoms with Crippen molar-refractivity contribution in [3.63, 3.8) is 0 Å². The van der Waals surface area contributed by atoms with Gasteiger partial charge in [-0.15, -0.1) is 0 Å². The number of fused-ring (bicyclic) bond motifs is 1. The lowest BCUT2D eigenvalue weighted by Crippen LogP contribution is -2.48. The van der Waals surface area contributed by atoms with Crippen LogP contribution in [0.4, 0.5) is 5.69 Å². The van der Waals surface area contributed by atoms with Crippen LogP contribution in [0.1, 0.15) is 49.7 Å². The average Bonchev–Trinajstić information content (AvgIpc) is 3.13. The van der Waals surface area contributed by atoms with Crippen LogP contribution in [0.15, 0.2) is 109 Å². The molecule has 4 saturated carbocycles. The second kappa shape index (κ2) is 11.3. The second-order valence-corrected chi connectivity index (χ2v) is 14.1. The summed E-state index contributed by atoms with van der Waals surface area (Å²) >= 11 is 0. The molecule has 4 bridgehead atoms. The molecule has 5 aromatic carbocycles. The minimum atomic E-state index is 0.351. The van der Waals surface area contributed by atoms with Crippen LogP contribution in [0.5, 0.6) is 0 Å². The predicted octanol–water partition coefficient (Wildman–Crippen LogP) is 10.6. The first kappa shape index (κ1) is 28.6. The number of hydrogen-bond donors (Lipinski definition) is 0. The van der Waals surface area contributed by atoms with E-state index in [2.05, 4.69) is 53.4 Å². The molecule has 10 rings (SSSR count). The Balaban J connectivity index is 1.11. The van der Waals surface area contributed by atoms with Gasteiger partial charge in [0.1, 0.15) is 0 Å². The molecule has 230 valence electrons. The molecule has 0 unspecified atom stereocenters. The maximum atomic E-state index is 10.4. The van der Waals surface area contributed by atoms with Crippen LogP contribution in [0.3, 0.4) is 0 Å². The summed E-state index contributed by atoms with van der Waals surface area (Å²) in [5.74, 6) is 4.29. The largest absolute Gasteiger partial charge is 0.238 e. The van der Waals surface area contributed by atoms with Crippen molar-refractivity contribution in [2.45, 2.75) is 43.9 Å². The third-order valence-electron chi connectivity index (χ3n) is 11.2. The third-order valence-corrected chi connectivity index (χ3v) is 11.2. The molecule has 6 aromatic rings. The van der Waals surface area contributed by atoms with E-state index >= 15 is 0 Å². The van der Waals surface area contributed by atoms with Gasteiger partial charge in [0.05, 0.1) is 18.2 Å². The summed E-state index contributed by atoms with van der Waals surface area (Å²) in [4.78, 5) is 18.3. The van der Waals surface area contributed by atoms with Gasteiger partial charge in [-0.2, -0.15) is 5.26 Å². The van der Waals surface area contributed by atoms with Gasteiger partial charge in [-0.25, -0.2) is 19.8 Å². The number of aromatic nitrogens is 3. The molecule has 0 N–H and O–H groups in total. The maximum absolute atomic E-state index is 10.4. The van der Waals surface area contributed by atoms with Gasteiger partial charge in [0.25, 0.3) is 0 Å². The smallest absolute Gasteiger partial charge is 0.187 e. The summed E-state index contributed by atoms with van der Waals surface area (Å²) in [6.45, 7) is 7.36. The standard InChI is InChI=1S/C43H33N5/c1-45-36-16-11-32(12-17-36)40-46-41(48-42(47-40)39-8-4-6-30-5-2-3-7-38(30)39)33-13-18-37(34(22-33)26-44)31-9-14-35(15-10-31)43-23-27-19-28(24-43)21-29(20-27)25-43/h2-18,22,27-29H,19-21,23-25H2. The van der Waals surface area contributed by atoms with Crippen molar-refractivity contribution in [1.82, 2.24) is 15.0 Å². The van der Waals surface area contributed by atoms with E-state index in [4.69, 9.17) is 21.5 Å². The molecule has 4 aliphatic rings. The Morgan fingerprint density at radius 2 is 1.23 bits per heavy atom. The van der Waals surface area contributed by atoms with Crippen LogP contribution in [0.25, 0.3) is 60.9 Å². The van der Waals surface area contributed by atoms with E-state index in [1.807, 2.05) is 54.6 Å². The number of nitrogens with zero attached hydrogens (tertiary/aromatic N) is 5. The molecular formula is C43H33N5. The van der Waals surface area contributed by atoms with Crippen LogP contribution in [-0.4, -0.2) is 15.0 Å². The van der Waals surface area contributed by atoms with Crippen molar-refractivity contribution in [3.8, 4) is 51.4 Å². The van der Waals surface area contributed by atoms with E-state index in [1.165, 1.54) is 44.1 Å². The van der Waals surface area contributed by atoms with Crippen LogP contribution in [0.2, 0.25) is 0 Å². The molecule has 5 heteroatoms. The zero-order chi connectivity index (χ0) is 32.2. The molecule has 0 spiro atoms. The average molecular weight is 620 g/mol. The molecule has 1 heterocycles. The number of nitriles is 1. The Kier molecular flexibility index (Phi) is 6.70. The van der Waals surface area contributed by atoms with E-state index < -0.39 is 0 Å². The van der Waals surface area contributed by atoms with Gasteiger partial charge in [-0.3, -0.25) is 0 Å². The van der Waals surface area contributed by atoms with Gasteiger partial charge in [-0.05, 0) is 95.2 Å². The molecule has 1 aromatic heterocycles. The van der Waals surface area contributed by atoms with Crippen LogP contribution in [0, 0.1) is 35.7 Å². The van der Waals surface area contributed by atoms with Crippen molar-refractivity contribution in [2.75, 3.05) is 0 Å². The molecule has 0 saturated heterocycles. The lowest BCUT2D eigenvalue weighted by atomic mass is 9.48. The van der Waals surface area contributed by atoms with Gasteiger partial charge in [0, 0.05) is 16.7 Å². The number of rotatable bonds is 5. The van der Waals surface area contributed by atoms with Crippen molar-refractivity contribution >= 4 is 16.5 Å². The highest BCUT2D eigenvalue weighted by molar-refractivity contribution is 5.95. The van der Waals surface area contributed by atoms with E-state index in [1.54, 1.807) is 12.1 Å². The quantitative estimate of drug-likeness (QED) is 0.180. The monoisotopic (exact) mass is 619 g/mol. The SMILES string of the molecule is [C-]#[N+]c1ccc(-c2nc(-c3ccc(-c4ccc(C56CC7CC(CC(C7)C5)C6)cc4)c(C#N)c3)nc(-c3cccc4ccccc34)n2)cc1. The highest BCUT2D eigenvalue weighted by Crippen LogP contribution is 2.60. The minimum absolute atomic E-state index is 0.351. The van der Waals surface area contributed by atoms with Gasteiger partial charge in [-0.1, -0.05) is 103 Å². The topological polar surface area (TPSA) is 66.8 Å². The molecular weight excluding hydrogens is 587 g/mol. The third kappa shape index (κ3) is 4.86. The van der Waals surface area contributed by atoms with Gasteiger partial charge >= 0.3 is 0 Å². The van der Waals surface area contributed by atoms with E-state index in [-0.39, 0.29) is 0 Å². The molecule has 4 fully saturated rings. The summed E-state index contributed by atoms with van der Waals surface area (Å²) in [5.41, 5.74) is 7.41. The lowest BCUT2D eigenvalue weighted by molar-refractivity contribution is -0.00518. The summed E-state index contributed by atoms with van der Waals surface area (Å²) in [6.07, 6.45) is 8.35. The first-order chi connectivity index (χ1) is 23.6. The molecule has 0 atom stereocenters. The Hall–Kier alpha value is -5.65.